The zero-order chi connectivity index (χ0) is 20.1. The van der Waals surface area contributed by atoms with Gasteiger partial charge in [0.05, 0.1) is 22.8 Å². The molecule has 29 heavy (non-hydrogen) atoms. The Labute approximate surface area is 165 Å². The van der Waals surface area contributed by atoms with Gasteiger partial charge in [0.2, 0.25) is 5.88 Å². The van der Waals surface area contributed by atoms with Crippen LogP contribution in [-0.2, 0) is 0 Å². The summed E-state index contributed by atoms with van der Waals surface area (Å²) in [5.74, 6) is -1.27. The van der Waals surface area contributed by atoms with E-state index in [0.29, 0.717) is 26.9 Å². The van der Waals surface area contributed by atoms with E-state index >= 15 is 0 Å². The molecule has 4 N–H and O–H groups in total. The van der Waals surface area contributed by atoms with Crippen molar-refractivity contribution in [2.24, 2.45) is 4.99 Å². The number of carboxylic acid groups (broad SMARTS) is 1. The molecule has 5 rings (SSSR count). The molecule has 1 aliphatic carbocycles. The highest BCUT2D eigenvalue weighted by Gasteiger charge is 2.20. The first-order valence-corrected chi connectivity index (χ1v) is 9.59. The van der Waals surface area contributed by atoms with E-state index in [1.54, 1.807) is 28.9 Å². The summed E-state index contributed by atoms with van der Waals surface area (Å²) in [4.78, 5) is 37.6. The first-order chi connectivity index (χ1) is 14.0. The first kappa shape index (κ1) is 17.4. The lowest BCUT2D eigenvalue weighted by Crippen LogP contribution is -2.19. The van der Waals surface area contributed by atoms with Crippen LogP contribution in [0.15, 0.2) is 34.2 Å². The topological polar surface area (TPSA) is 149 Å². The molecule has 1 fully saturated rings. The number of rotatable bonds is 4. The van der Waals surface area contributed by atoms with E-state index in [0.717, 1.165) is 24.2 Å². The Kier molecular flexibility index (Phi) is 3.84. The highest BCUT2D eigenvalue weighted by molar-refractivity contribution is 7.17. The zero-order valence-electron chi connectivity index (χ0n) is 14.8. The van der Waals surface area contributed by atoms with Crippen molar-refractivity contribution in [3.8, 4) is 16.5 Å². The number of fused-ring (bicyclic) bond motifs is 1. The third kappa shape index (κ3) is 3.21. The normalized spacial score (nSPS) is 15.4. The Hall–Kier alpha value is -3.73. The molecule has 0 spiro atoms. The molecule has 1 saturated carbocycles. The Balaban J connectivity index is 1.75. The average Bonchev–Trinajstić information content (AvgIpc) is 3.08. The van der Waals surface area contributed by atoms with Gasteiger partial charge in [-0.2, -0.15) is 9.61 Å². The van der Waals surface area contributed by atoms with Gasteiger partial charge in [0.1, 0.15) is 10.6 Å². The number of aromatic carboxylic acids is 1. The Bertz CT molecular complexity index is 1440. The minimum Gasteiger partial charge on any atom is -0.493 e. The Morgan fingerprint density at radius 3 is 2.83 bits per heavy atom. The van der Waals surface area contributed by atoms with Gasteiger partial charge in [-0.3, -0.25) is 9.98 Å². The molecule has 0 amide bonds. The third-order valence-electron chi connectivity index (χ3n) is 4.45. The highest BCUT2D eigenvalue weighted by atomic mass is 32.1. The van der Waals surface area contributed by atoms with Gasteiger partial charge in [-0.1, -0.05) is 0 Å². The molecule has 0 saturated heterocycles. The van der Waals surface area contributed by atoms with Crippen molar-refractivity contribution in [1.29, 1.82) is 0 Å². The van der Waals surface area contributed by atoms with Crippen LogP contribution in [0.3, 0.4) is 0 Å². The van der Waals surface area contributed by atoms with Crippen molar-refractivity contribution < 1.29 is 15.0 Å². The highest BCUT2D eigenvalue weighted by Crippen LogP contribution is 2.26. The van der Waals surface area contributed by atoms with Crippen LogP contribution in [0.25, 0.3) is 22.3 Å². The quantitative estimate of drug-likeness (QED) is 0.385. The van der Waals surface area contributed by atoms with Crippen LogP contribution >= 0.6 is 11.3 Å². The van der Waals surface area contributed by atoms with Gasteiger partial charge in [-0.15, -0.1) is 11.3 Å². The van der Waals surface area contributed by atoms with E-state index < -0.39 is 11.7 Å². The predicted octanol–water partition coefficient (Wildman–Crippen LogP) is 0.489. The summed E-state index contributed by atoms with van der Waals surface area (Å²) in [5.41, 5.74) is 1.36. The van der Waals surface area contributed by atoms with Gasteiger partial charge >= 0.3 is 11.7 Å². The fourth-order valence-corrected chi connectivity index (χ4v) is 3.72. The maximum absolute atomic E-state index is 11.4. The second-order valence-corrected chi connectivity index (χ2v) is 7.73. The number of H-pyrrole nitrogens is 2. The molecule has 0 atom stereocenters. The lowest BCUT2D eigenvalue weighted by Gasteiger charge is -2.00. The average molecular weight is 410 g/mol. The van der Waals surface area contributed by atoms with Crippen molar-refractivity contribution in [3.63, 3.8) is 0 Å². The van der Waals surface area contributed by atoms with Gasteiger partial charge in [0, 0.05) is 11.3 Å². The molecule has 1 aliphatic rings. The number of nitrogens with zero attached hydrogens (tertiary/aromatic N) is 4. The maximum Gasteiger partial charge on any atom is 0.345 e. The van der Waals surface area contributed by atoms with Crippen LogP contribution in [0.5, 0.6) is 5.88 Å². The van der Waals surface area contributed by atoms with Crippen molar-refractivity contribution in [2.75, 3.05) is 0 Å². The van der Waals surface area contributed by atoms with E-state index in [-0.39, 0.29) is 22.5 Å². The summed E-state index contributed by atoms with van der Waals surface area (Å²) < 4.78 is 1.60. The monoisotopic (exact) mass is 410 g/mol. The second kappa shape index (κ2) is 6.41. The van der Waals surface area contributed by atoms with Crippen molar-refractivity contribution >= 4 is 29.0 Å². The molecule has 11 heteroatoms. The van der Waals surface area contributed by atoms with Crippen LogP contribution in [-0.4, -0.2) is 46.8 Å². The summed E-state index contributed by atoms with van der Waals surface area (Å²) in [7, 11) is 0. The molecule has 0 aromatic carbocycles. The van der Waals surface area contributed by atoms with Gasteiger partial charge in [-0.25, -0.2) is 14.6 Å². The zero-order valence-corrected chi connectivity index (χ0v) is 15.6. The lowest BCUT2D eigenvalue weighted by atomic mass is 10.3. The Morgan fingerprint density at radius 2 is 2.17 bits per heavy atom. The molecule has 146 valence electrons. The molecule has 4 aromatic rings. The number of hydrogen-bond acceptors (Lipinski definition) is 7. The molecular weight excluding hydrogens is 396 g/mol. The second-order valence-electron chi connectivity index (χ2n) is 6.65. The van der Waals surface area contributed by atoms with Gasteiger partial charge in [-0.05, 0) is 31.1 Å². The summed E-state index contributed by atoms with van der Waals surface area (Å²) in [6, 6.07) is 5.28. The number of carboxylic acids is 1. The molecular formula is C18H14N6O4S. The standard InChI is InChI=1S/C18H14N6O4S/c25-16-11(22-18(28)23-16)5-8-7-19-24-14(20-9-1-2-9)6-10(21-15(8)24)12-3-4-13(29-12)17(26)27/h3-7,9,25H,1-2H2,(H,26,27)(H2,22,23,28)/b8-5+,20-14?. The minimum atomic E-state index is -0.990. The number of aromatic nitrogens is 5. The van der Waals surface area contributed by atoms with E-state index in [4.69, 9.17) is 4.99 Å². The van der Waals surface area contributed by atoms with Crippen molar-refractivity contribution in [1.82, 2.24) is 24.6 Å². The van der Waals surface area contributed by atoms with Crippen molar-refractivity contribution in [3.05, 3.63) is 56.2 Å². The molecule has 4 aromatic heterocycles. The molecule has 0 unspecified atom stereocenters. The predicted molar refractivity (Wildman–Crippen MR) is 104 cm³/mol. The largest absolute Gasteiger partial charge is 0.493 e. The number of hydrogen-bond donors (Lipinski definition) is 4. The summed E-state index contributed by atoms with van der Waals surface area (Å²) in [6.45, 7) is 0. The number of carbonyl (C=O) groups is 1. The van der Waals surface area contributed by atoms with Gasteiger partial charge < -0.3 is 15.2 Å². The number of imidazole rings is 1. The van der Waals surface area contributed by atoms with Crippen molar-refractivity contribution in [2.45, 2.75) is 18.9 Å². The lowest BCUT2D eigenvalue weighted by molar-refractivity contribution is 0.0702. The van der Waals surface area contributed by atoms with E-state index in [1.807, 2.05) is 0 Å². The molecule has 0 radical (unpaired) electrons. The van der Waals surface area contributed by atoms with Crippen LogP contribution < -0.4 is 16.4 Å². The Morgan fingerprint density at radius 1 is 1.34 bits per heavy atom. The number of aromatic amines is 2. The minimum absolute atomic E-state index is 0.210. The van der Waals surface area contributed by atoms with Crippen LogP contribution in [0, 0.1) is 0 Å². The summed E-state index contributed by atoms with van der Waals surface area (Å²) in [5, 5.41) is 24.0. The fraction of sp³-hybridized carbons (Fsp3) is 0.167. The van der Waals surface area contributed by atoms with E-state index in [1.165, 1.54) is 6.07 Å². The maximum atomic E-state index is 11.4. The van der Waals surface area contributed by atoms with Gasteiger partial charge in [0.25, 0.3) is 0 Å². The van der Waals surface area contributed by atoms with Crippen LogP contribution in [0.2, 0.25) is 0 Å². The fourth-order valence-electron chi connectivity index (χ4n) is 2.91. The van der Waals surface area contributed by atoms with Crippen LogP contribution in [0.4, 0.5) is 0 Å². The number of aromatic hydroxyl groups is 1. The number of nitrogens with one attached hydrogen (secondary N) is 2. The molecule has 10 nitrogen and oxygen atoms in total. The smallest absolute Gasteiger partial charge is 0.345 e. The SMILES string of the molecule is O=C(O)c1ccc(-c2cc(=NC3CC3)n3nc/c(=C\c4[nH]c(=O)[nH]c4O)c3n2)s1. The summed E-state index contributed by atoms with van der Waals surface area (Å²) >= 11 is 1.13. The molecule has 0 aliphatic heterocycles. The molecule has 4 heterocycles. The van der Waals surface area contributed by atoms with E-state index in [9.17, 15) is 19.8 Å². The van der Waals surface area contributed by atoms with Crippen LogP contribution in [0.1, 0.15) is 28.2 Å². The third-order valence-corrected chi connectivity index (χ3v) is 5.54. The first-order valence-electron chi connectivity index (χ1n) is 8.77. The summed E-state index contributed by atoms with van der Waals surface area (Å²) in [6.07, 6.45) is 5.16. The molecule has 0 bridgehead atoms. The van der Waals surface area contributed by atoms with Gasteiger partial charge in [0.15, 0.2) is 11.1 Å². The van der Waals surface area contributed by atoms with E-state index in [2.05, 4.69) is 20.1 Å². The number of thiophene rings is 1.